The van der Waals surface area contributed by atoms with Crippen LogP contribution in [0.3, 0.4) is 0 Å². The zero-order chi connectivity index (χ0) is 27.8. The van der Waals surface area contributed by atoms with Crippen molar-refractivity contribution in [1.29, 1.82) is 0 Å². The molecule has 0 aliphatic carbocycles. The van der Waals surface area contributed by atoms with Gasteiger partial charge in [0.2, 0.25) is 5.91 Å². The number of hydrogen-bond donors (Lipinski definition) is 0. The lowest BCUT2D eigenvalue weighted by atomic mass is 10.1. The summed E-state index contributed by atoms with van der Waals surface area (Å²) in [6.45, 7) is 6.46. The van der Waals surface area contributed by atoms with E-state index in [4.69, 9.17) is 21.1 Å². The first-order valence-electron chi connectivity index (χ1n) is 12.7. The predicted molar refractivity (Wildman–Crippen MR) is 152 cm³/mol. The van der Waals surface area contributed by atoms with Gasteiger partial charge in [0.15, 0.2) is 5.82 Å². The van der Waals surface area contributed by atoms with Crippen LogP contribution < -0.4 is 14.4 Å². The van der Waals surface area contributed by atoms with E-state index < -0.39 is 0 Å². The molecule has 1 aromatic heterocycles. The Balaban J connectivity index is 1.39. The first kappa shape index (κ1) is 27.9. The molecule has 2 amide bonds. The Morgan fingerprint density at radius 2 is 1.79 bits per heavy atom. The van der Waals surface area contributed by atoms with E-state index >= 15 is 0 Å². The van der Waals surface area contributed by atoms with Gasteiger partial charge in [-0.05, 0) is 55.0 Å². The predicted octanol–water partition coefficient (Wildman–Crippen LogP) is 4.18. The number of carbonyl (C=O) groups is 2. The topological polar surface area (TPSA) is 88.1 Å². The molecule has 1 aliphatic rings. The van der Waals surface area contributed by atoms with Crippen molar-refractivity contribution < 1.29 is 19.1 Å². The maximum Gasteiger partial charge on any atom is 0.254 e. The fraction of sp³-hybridized carbons (Fsp3) is 0.310. The van der Waals surface area contributed by atoms with Crippen molar-refractivity contribution >= 4 is 29.2 Å². The van der Waals surface area contributed by atoms with Crippen LogP contribution in [0.1, 0.15) is 16.8 Å². The van der Waals surface area contributed by atoms with Crippen LogP contribution in [-0.4, -0.2) is 85.3 Å². The molecular formula is C29H32ClN5O4. The highest BCUT2D eigenvalue weighted by atomic mass is 35.5. The molecule has 0 unspecified atom stereocenters. The van der Waals surface area contributed by atoms with Crippen molar-refractivity contribution in [2.75, 3.05) is 58.4 Å². The molecule has 10 heteroatoms. The minimum Gasteiger partial charge on any atom is -0.497 e. The van der Waals surface area contributed by atoms with Gasteiger partial charge in [0.05, 0.1) is 19.9 Å². The molecule has 0 N–H and O–H groups in total. The minimum absolute atomic E-state index is 0.0221. The van der Waals surface area contributed by atoms with Crippen LogP contribution in [0, 0.1) is 0 Å². The van der Waals surface area contributed by atoms with Crippen molar-refractivity contribution in [2.45, 2.75) is 6.42 Å². The van der Waals surface area contributed by atoms with Crippen molar-refractivity contribution in [1.82, 2.24) is 20.0 Å². The van der Waals surface area contributed by atoms with Gasteiger partial charge >= 0.3 is 0 Å². The number of methoxy groups -OCH3 is 2. The number of benzene rings is 2. The molecule has 9 nitrogen and oxygen atoms in total. The molecule has 1 aliphatic heterocycles. The van der Waals surface area contributed by atoms with Gasteiger partial charge in [0.1, 0.15) is 18.0 Å². The number of aromatic nitrogens is 2. The van der Waals surface area contributed by atoms with E-state index in [1.807, 2.05) is 30.3 Å². The van der Waals surface area contributed by atoms with Gasteiger partial charge in [-0.2, -0.15) is 0 Å². The van der Waals surface area contributed by atoms with Crippen LogP contribution in [0.5, 0.6) is 11.5 Å². The summed E-state index contributed by atoms with van der Waals surface area (Å²) in [5.74, 6) is 1.76. The molecule has 0 bridgehead atoms. The Hall–Kier alpha value is -4.11. The van der Waals surface area contributed by atoms with Gasteiger partial charge in [0.25, 0.3) is 5.91 Å². The third-order valence-corrected chi connectivity index (χ3v) is 6.81. The SMILES string of the molecule is C=CCN(CC(=O)N1CCCN(c2ccc(-c3ccc(OC)cc3OC)nn2)CC1)C(=O)c1ccc(Cl)cc1. The maximum absolute atomic E-state index is 13.2. The van der Waals surface area contributed by atoms with Crippen molar-refractivity contribution in [3.05, 3.63) is 77.8 Å². The Bertz CT molecular complexity index is 1300. The van der Waals surface area contributed by atoms with Crippen molar-refractivity contribution in [3.8, 4) is 22.8 Å². The van der Waals surface area contributed by atoms with Crippen LogP contribution in [0.4, 0.5) is 5.82 Å². The van der Waals surface area contributed by atoms with Crippen LogP contribution in [0.15, 0.2) is 67.3 Å². The zero-order valence-corrected chi connectivity index (χ0v) is 22.9. The Morgan fingerprint density at radius 1 is 1.00 bits per heavy atom. The Labute approximate surface area is 233 Å². The molecule has 0 saturated carbocycles. The summed E-state index contributed by atoms with van der Waals surface area (Å²) < 4.78 is 10.8. The highest BCUT2D eigenvalue weighted by Crippen LogP contribution is 2.32. The van der Waals surface area contributed by atoms with Gasteiger partial charge in [-0.1, -0.05) is 17.7 Å². The second-order valence-corrected chi connectivity index (χ2v) is 9.48. The monoisotopic (exact) mass is 549 g/mol. The van der Waals surface area contributed by atoms with E-state index in [-0.39, 0.29) is 24.9 Å². The molecule has 2 heterocycles. The van der Waals surface area contributed by atoms with Crippen LogP contribution in [0.2, 0.25) is 5.02 Å². The number of rotatable bonds is 9. The highest BCUT2D eigenvalue weighted by Gasteiger charge is 2.24. The quantitative estimate of drug-likeness (QED) is 0.370. The van der Waals surface area contributed by atoms with E-state index in [1.54, 1.807) is 49.5 Å². The highest BCUT2D eigenvalue weighted by molar-refractivity contribution is 6.30. The molecule has 1 fully saturated rings. The summed E-state index contributed by atoms with van der Waals surface area (Å²) in [6, 6.07) is 16.0. The number of nitrogens with zero attached hydrogens (tertiary/aromatic N) is 5. The smallest absolute Gasteiger partial charge is 0.254 e. The first-order valence-corrected chi connectivity index (χ1v) is 13.1. The molecule has 0 atom stereocenters. The summed E-state index contributed by atoms with van der Waals surface area (Å²) in [6.07, 6.45) is 2.39. The third kappa shape index (κ3) is 6.86. The van der Waals surface area contributed by atoms with Gasteiger partial charge in [-0.3, -0.25) is 9.59 Å². The second kappa shape index (κ2) is 13.1. The first-order chi connectivity index (χ1) is 18.9. The number of hydrogen-bond acceptors (Lipinski definition) is 7. The zero-order valence-electron chi connectivity index (χ0n) is 22.2. The summed E-state index contributed by atoms with van der Waals surface area (Å²) in [4.78, 5) is 31.6. The number of carbonyl (C=O) groups excluding carboxylic acids is 2. The number of ether oxygens (including phenoxy) is 2. The lowest BCUT2D eigenvalue weighted by Gasteiger charge is -2.26. The number of anilines is 1. The average molecular weight is 550 g/mol. The minimum atomic E-state index is -0.236. The molecule has 204 valence electrons. The van der Waals surface area contributed by atoms with Crippen LogP contribution in [-0.2, 0) is 4.79 Å². The van der Waals surface area contributed by atoms with E-state index in [1.165, 1.54) is 4.90 Å². The Kier molecular flexibility index (Phi) is 9.38. The van der Waals surface area contributed by atoms with E-state index in [2.05, 4.69) is 21.7 Å². The molecule has 39 heavy (non-hydrogen) atoms. The molecule has 1 saturated heterocycles. The molecule has 0 spiro atoms. The van der Waals surface area contributed by atoms with Gasteiger partial charge in [0, 0.05) is 54.9 Å². The number of halogens is 1. The second-order valence-electron chi connectivity index (χ2n) is 9.05. The fourth-order valence-corrected chi connectivity index (χ4v) is 4.58. The van der Waals surface area contributed by atoms with Gasteiger partial charge in [-0.15, -0.1) is 16.8 Å². The normalized spacial score (nSPS) is 13.4. The number of amides is 2. The molecule has 3 aromatic rings. The maximum atomic E-state index is 13.2. The largest absolute Gasteiger partial charge is 0.497 e. The summed E-state index contributed by atoms with van der Waals surface area (Å²) in [5, 5.41) is 9.44. The van der Waals surface area contributed by atoms with Crippen LogP contribution >= 0.6 is 11.6 Å². The van der Waals surface area contributed by atoms with E-state index in [0.717, 1.165) is 24.3 Å². The Morgan fingerprint density at radius 3 is 2.46 bits per heavy atom. The van der Waals surface area contributed by atoms with E-state index in [0.29, 0.717) is 47.4 Å². The van der Waals surface area contributed by atoms with Gasteiger partial charge < -0.3 is 24.2 Å². The fourth-order valence-electron chi connectivity index (χ4n) is 4.46. The molecule has 0 radical (unpaired) electrons. The molecule has 2 aromatic carbocycles. The van der Waals surface area contributed by atoms with Crippen LogP contribution in [0.25, 0.3) is 11.3 Å². The summed E-state index contributed by atoms with van der Waals surface area (Å²) >= 11 is 5.95. The van der Waals surface area contributed by atoms with E-state index in [9.17, 15) is 9.59 Å². The standard InChI is InChI=1S/C29H32ClN5O4/c1-4-14-35(29(37)21-6-8-22(30)9-7-21)20-28(36)34-16-5-15-33(17-18-34)27-13-12-25(31-32-27)24-11-10-23(38-2)19-26(24)39-3/h4,6-13,19H,1,5,14-18,20H2,2-3H3. The molecular weight excluding hydrogens is 518 g/mol. The van der Waals surface area contributed by atoms with Crippen molar-refractivity contribution in [3.63, 3.8) is 0 Å². The average Bonchev–Trinajstić information content (AvgIpc) is 3.23. The summed E-state index contributed by atoms with van der Waals surface area (Å²) in [5.41, 5.74) is 1.99. The molecule has 4 rings (SSSR count). The summed E-state index contributed by atoms with van der Waals surface area (Å²) in [7, 11) is 3.21. The lowest BCUT2D eigenvalue weighted by molar-refractivity contribution is -0.131. The lowest BCUT2D eigenvalue weighted by Crippen LogP contribution is -2.44. The third-order valence-electron chi connectivity index (χ3n) is 6.56. The van der Waals surface area contributed by atoms with Gasteiger partial charge in [-0.25, -0.2) is 0 Å². The van der Waals surface area contributed by atoms with Crippen molar-refractivity contribution in [2.24, 2.45) is 0 Å².